The molecule has 2 saturated heterocycles. The summed E-state index contributed by atoms with van der Waals surface area (Å²) in [5, 5.41) is 1.83. The van der Waals surface area contributed by atoms with Gasteiger partial charge in [0, 0.05) is 42.7 Å². The van der Waals surface area contributed by atoms with Gasteiger partial charge in [-0.2, -0.15) is 0 Å². The SMILES string of the molecule is Cc1cccc(N2CC3(CCN(C(=O)c4cscn4)C3)C2)n1. The molecule has 5 nitrogen and oxygen atoms in total. The maximum absolute atomic E-state index is 12.4. The van der Waals surface area contributed by atoms with Crippen molar-refractivity contribution in [2.24, 2.45) is 5.41 Å². The van der Waals surface area contributed by atoms with Gasteiger partial charge < -0.3 is 9.80 Å². The summed E-state index contributed by atoms with van der Waals surface area (Å²) in [5.41, 5.74) is 3.59. The fraction of sp³-hybridized carbons (Fsp3) is 0.438. The zero-order chi connectivity index (χ0) is 15.2. The number of carbonyl (C=O) groups is 1. The molecule has 2 aromatic heterocycles. The number of hydrogen-bond acceptors (Lipinski definition) is 5. The lowest BCUT2D eigenvalue weighted by molar-refractivity contribution is 0.0758. The molecule has 0 unspecified atom stereocenters. The van der Waals surface area contributed by atoms with Gasteiger partial charge in [-0.1, -0.05) is 6.07 Å². The van der Waals surface area contributed by atoms with Crippen molar-refractivity contribution in [3.63, 3.8) is 0 Å². The van der Waals surface area contributed by atoms with Crippen molar-refractivity contribution in [2.75, 3.05) is 31.1 Å². The van der Waals surface area contributed by atoms with Gasteiger partial charge in [-0.25, -0.2) is 9.97 Å². The van der Waals surface area contributed by atoms with E-state index in [9.17, 15) is 4.79 Å². The lowest BCUT2D eigenvalue weighted by Gasteiger charge is -2.48. The number of aromatic nitrogens is 2. The first-order valence-corrected chi connectivity index (χ1v) is 8.46. The summed E-state index contributed by atoms with van der Waals surface area (Å²) in [6.45, 7) is 5.68. The van der Waals surface area contributed by atoms with Crippen LogP contribution in [0.4, 0.5) is 5.82 Å². The Morgan fingerprint density at radius 3 is 2.91 bits per heavy atom. The molecule has 0 bridgehead atoms. The minimum absolute atomic E-state index is 0.0743. The smallest absolute Gasteiger partial charge is 0.273 e. The number of likely N-dealkylation sites (tertiary alicyclic amines) is 1. The highest BCUT2D eigenvalue weighted by Gasteiger charge is 2.49. The number of amides is 1. The van der Waals surface area contributed by atoms with Crippen LogP contribution in [0.3, 0.4) is 0 Å². The normalized spacial score (nSPS) is 19.5. The molecule has 114 valence electrons. The summed E-state index contributed by atoms with van der Waals surface area (Å²) in [6.07, 6.45) is 1.07. The van der Waals surface area contributed by atoms with Gasteiger partial charge in [0.25, 0.3) is 5.91 Å². The number of anilines is 1. The Balaban J connectivity index is 1.41. The first-order chi connectivity index (χ1) is 10.7. The molecule has 0 N–H and O–H groups in total. The molecule has 2 fully saturated rings. The average molecular weight is 314 g/mol. The van der Waals surface area contributed by atoms with Gasteiger partial charge in [0.1, 0.15) is 11.5 Å². The summed E-state index contributed by atoms with van der Waals surface area (Å²) in [6, 6.07) is 6.13. The van der Waals surface area contributed by atoms with Gasteiger partial charge in [0.2, 0.25) is 0 Å². The topological polar surface area (TPSA) is 49.3 Å². The largest absolute Gasteiger partial charge is 0.355 e. The monoisotopic (exact) mass is 314 g/mol. The fourth-order valence-electron chi connectivity index (χ4n) is 3.48. The molecule has 2 aromatic rings. The van der Waals surface area contributed by atoms with E-state index in [1.54, 1.807) is 5.51 Å². The molecule has 2 aliphatic rings. The summed E-state index contributed by atoms with van der Waals surface area (Å²) in [4.78, 5) is 25.4. The van der Waals surface area contributed by atoms with Crippen LogP contribution in [0.15, 0.2) is 29.1 Å². The molecule has 6 heteroatoms. The van der Waals surface area contributed by atoms with Gasteiger partial charge >= 0.3 is 0 Å². The molecular weight excluding hydrogens is 296 g/mol. The summed E-state index contributed by atoms with van der Waals surface area (Å²) >= 11 is 1.47. The number of rotatable bonds is 2. The molecule has 1 spiro atoms. The van der Waals surface area contributed by atoms with Crippen molar-refractivity contribution in [3.05, 3.63) is 40.5 Å². The lowest BCUT2D eigenvalue weighted by atomic mass is 9.79. The quantitative estimate of drug-likeness (QED) is 0.853. The van der Waals surface area contributed by atoms with Crippen LogP contribution in [0, 0.1) is 12.3 Å². The Bertz CT molecular complexity index is 694. The second kappa shape index (κ2) is 5.05. The van der Waals surface area contributed by atoms with Crippen molar-refractivity contribution < 1.29 is 4.79 Å². The van der Waals surface area contributed by atoms with Crippen LogP contribution >= 0.6 is 11.3 Å². The zero-order valence-corrected chi connectivity index (χ0v) is 13.3. The van der Waals surface area contributed by atoms with Gasteiger partial charge in [-0.05, 0) is 25.5 Å². The van der Waals surface area contributed by atoms with Crippen LogP contribution in [0.1, 0.15) is 22.6 Å². The number of aryl methyl sites for hydroxylation is 1. The summed E-state index contributed by atoms with van der Waals surface area (Å²) in [5.74, 6) is 1.13. The van der Waals surface area contributed by atoms with E-state index in [0.29, 0.717) is 5.69 Å². The molecule has 4 heterocycles. The van der Waals surface area contributed by atoms with Crippen LogP contribution in [0.5, 0.6) is 0 Å². The van der Waals surface area contributed by atoms with Crippen LogP contribution in [-0.4, -0.2) is 47.0 Å². The van der Waals surface area contributed by atoms with Gasteiger partial charge in [-0.15, -0.1) is 11.3 Å². The Morgan fingerprint density at radius 1 is 1.32 bits per heavy atom. The van der Waals surface area contributed by atoms with Crippen molar-refractivity contribution in [3.8, 4) is 0 Å². The zero-order valence-electron chi connectivity index (χ0n) is 12.5. The average Bonchev–Trinajstić information content (AvgIpc) is 3.15. The molecule has 0 aromatic carbocycles. The van der Waals surface area contributed by atoms with Crippen LogP contribution in [0.25, 0.3) is 0 Å². The molecule has 2 aliphatic heterocycles. The van der Waals surface area contributed by atoms with E-state index in [1.807, 2.05) is 23.3 Å². The number of thiazole rings is 1. The third-order valence-corrected chi connectivity index (χ3v) is 5.21. The van der Waals surface area contributed by atoms with Crippen molar-refractivity contribution in [2.45, 2.75) is 13.3 Å². The highest BCUT2D eigenvalue weighted by atomic mass is 32.1. The Kier molecular flexibility index (Phi) is 3.14. The minimum Gasteiger partial charge on any atom is -0.355 e. The third-order valence-electron chi connectivity index (χ3n) is 4.63. The summed E-state index contributed by atoms with van der Waals surface area (Å²) < 4.78 is 0. The molecule has 0 saturated carbocycles. The van der Waals surface area contributed by atoms with Crippen LogP contribution < -0.4 is 4.90 Å². The molecule has 22 heavy (non-hydrogen) atoms. The van der Waals surface area contributed by atoms with Gasteiger partial charge in [0.15, 0.2) is 0 Å². The van der Waals surface area contributed by atoms with E-state index in [0.717, 1.165) is 44.1 Å². The maximum Gasteiger partial charge on any atom is 0.273 e. The Morgan fingerprint density at radius 2 is 2.18 bits per heavy atom. The van der Waals surface area contributed by atoms with Crippen LogP contribution in [0.2, 0.25) is 0 Å². The lowest BCUT2D eigenvalue weighted by Crippen LogP contribution is -2.58. The van der Waals surface area contributed by atoms with Crippen molar-refractivity contribution in [1.29, 1.82) is 0 Å². The van der Waals surface area contributed by atoms with Crippen molar-refractivity contribution >= 4 is 23.1 Å². The molecule has 4 rings (SSSR count). The van der Waals surface area contributed by atoms with E-state index in [-0.39, 0.29) is 11.3 Å². The van der Waals surface area contributed by atoms with E-state index in [4.69, 9.17) is 0 Å². The Hall–Kier alpha value is -1.95. The molecule has 0 radical (unpaired) electrons. The number of nitrogens with zero attached hydrogens (tertiary/aromatic N) is 4. The predicted molar refractivity (Wildman–Crippen MR) is 86.3 cm³/mol. The fourth-order valence-corrected chi connectivity index (χ4v) is 4.00. The second-order valence-corrected chi connectivity index (χ2v) is 7.06. The molecule has 0 atom stereocenters. The highest BCUT2D eigenvalue weighted by Crippen LogP contribution is 2.41. The van der Waals surface area contributed by atoms with Crippen LogP contribution in [-0.2, 0) is 0 Å². The Labute approximate surface area is 133 Å². The third kappa shape index (κ3) is 2.27. The van der Waals surface area contributed by atoms with Gasteiger partial charge in [-0.3, -0.25) is 4.79 Å². The van der Waals surface area contributed by atoms with Crippen molar-refractivity contribution in [1.82, 2.24) is 14.9 Å². The minimum atomic E-state index is 0.0743. The van der Waals surface area contributed by atoms with E-state index in [1.165, 1.54) is 11.3 Å². The molecule has 0 aliphatic carbocycles. The summed E-state index contributed by atoms with van der Waals surface area (Å²) in [7, 11) is 0. The van der Waals surface area contributed by atoms with Gasteiger partial charge in [0.05, 0.1) is 5.51 Å². The van der Waals surface area contributed by atoms with E-state index < -0.39 is 0 Å². The number of carbonyl (C=O) groups excluding carboxylic acids is 1. The highest BCUT2D eigenvalue weighted by molar-refractivity contribution is 7.07. The van der Waals surface area contributed by atoms with E-state index in [2.05, 4.69) is 27.0 Å². The first kappa shape index (κ1) is 13.7. The predicted octanol–water partition coefficient (Wildman–Crippen LogP) is 2.20. The maximum atomic E-state index is 12.4. The molecule has 1 amide bonds. The second-order valence-electron chi connectivity index (χ2n) is 6.34. The number of pyridine rings is 1. The first-order valence-electron chi connectivity index (χ1n) is 7.51. The number of hydrogen-bond donors (Lipinski definition) is 0. The molecular formula is C16H18N4OS. The van der Waals surface area contributed by atoms with E-state index >= 15 is 0 Å². The standard InChI is InChI=1S/C16H18N4OS/c1-12-3-2-4-14(18-12)20-9-16(10-20)5-6-19(8-16)15(21)13-7-22-11-17-13/h2-4,7,11H,5-6,8-10H2,1H3.